The van der Waals surface area contributed by atoms with Crippen molar-refractivity contribution in [3.8, 4) is 0 Å². The van der Waals surface area contributed by atoms with Crippen molar-refractivity contribution in [1.29, 1.82) is 0 Å². The van der Waals surface area contributed by atoms with Crippen molar-refractivity contribution in [2.24, 2.45) is 0 Å². The molecule has 0 saturated heterocycles. The van der Waals surface area contributed by atoms with Gasteiger partial charge >= 0.3 is 29.6 Å². The van der Waals surface area contributed by atoms with E-state index in [9.17, 15) is 16.8 Å². The number of hydrogen-bond donors (Lipinski definition) is 1. The van der Waals surface area contributed by atoms with Crippen LogP contribution in [-0.4, -0.2) is 38.6 Å². The number of rotatable bonds is 3. The normalized spacial score (nSPS) is 14.9. The standard InChI is InChI=1S/C4H10O5S2.Na/c1-4(11(7,8)9)3-10(2,5)6;/h4H,3H2,1-2H3,(H,7,8,9);/q;+1. The maximum absolute atomic E-state index is 10.5. The predicted molar refractivity (Wildman–Crippen MR) is 40.7 cm³/mol. The molecule has 0 aromatic rings. The van der Waals surface area contributed by atoms with Crippen LogP contribution in [0.15, 0.2) is 0 Å². The molecule has 0 saturated carbocycles. The minimum atomic E-state index is -4.22. The minimum absolute atomic E-state index is 0. The molecule has 12 heavy (non-hydrogen) atoms. The molecular formula is C4H10NaO5S2+. The molecule has 68 valence electrons. The molecule has 0 spiro atoms. The van der Waals surface area contributed by atoms with Gasteiger partial charge in [0.15, 0.2) is 0 Å². The summed E-state index contributed by atoms with van der Waals surface area (Å²) in [5.74, 6) is -0.550. The third kappa shape index (κ3) is 7.51. The Kier molecular flexibility index (Phi) is 6.29. The summed E-state index contributed by atoms with van der Waals surface area (Å²) in [6, 6.07) is 0. The van der Waals surface area contributed by atoms with E-state index in [1.54, 1.807) is 0 Å². The topological polar surface area (TPSA) is 88.5 Å². The molecule has 0 fully saturated rings. The Labute approximate surface area is 94.5 Å². The van der Waals surface area contributed by atoms with E-state index in [4.69, 9.17) is 4.55 Å². The fraction of sp³-hybridized carbons (Fsp3) is 1.00. The van der Waals surface area contributed by atoms with E-state index in [2.05, 4.69) is 0 Å². The van der Waals surface area contributed by atoms with Crippen LogP contribution in [0, 0.1) is 0 Å². The molecular weight excluding hydrogens is 215 g/mol. The number of hydrogen-bond acceptors (Lipinski definition) is 4. The molecule has 5 nitrogen and oxygen atoms in total. The van der Waals surface area contributed by atoms with Gasteiger partial charge in [-0.05, 0) is 6.92 Å². The van der Waals surface area contributed by atoms with Crippen LogP contribution in [0.3, 0.4) is 0 Å². The van der Waals surface area contributed by atoms with Gasteiger partial charge in [-0.25, -0.2) is 8.42 Å². The monoisotopic (exact) mass is 225 g/mol. The average molecular weight is 225 g/mol. The third-order valence-electron chi connectivity index (χ3n) is 1.05. The third-order valence-corrected chi connectivity index (χ3v) is 3.55. The van der Waals surface area contributed by atoms with Gasteiger partial charge in [-0.2, -0.15) is 8.42 Å². The molecule has 1 atom stereocenters. The van der Waals surface area contributed by atoms with E-state index in [-0.39, 0.29) is 29.6 Å². The molecule has 0 radical (unpaired) electrons. The van der Waals surface area contributed by atoms with Crippen molar-refractivity contribution < 1.29 is 50.9 Å². The molecule has 0 aliphatic carbocycles. The predicted octanol–water partition coefficient (Wildman–Crippen LogP) is -3.69. The molecule has 0 bridgehead atoms. The minimum Gasteiger partial charge on any atom is -0.285 e. The van der Waals surface area contributed by atoms with Crippen molar-refractivity contribution in [3.05, 3.63) is 0 Å². The summed E-state index contributed by atoms with van der Waals surface area (Å²) in [7, 11) is -7.56. The van der Waals surface area contributed by atoms with Crippen molar-refractivity contribution in [2.45, 2.75) is 12.2 Å². The molecule has 0 aliphatic heterocycles. The summed E-state index contributed by atoms with van der Waals surface area (Å²) in [5.41, 5.74) is 0. The van der Waals surface area contributed by atoms with Gasteiger partial charge in [0.05, 0.1) is 11.0 Å². The Balaban J connectivity index is 0. The van der Waals surface area contributed by atoms with E-state index in [1.165, 1.54) is 0 Å². The van der Waals surface area contributed by atoms with Gasteiger partial charge in [0.1, 0.15) is 9.84 Å². The zero-order valence-corrected chi connectivity index (χ0v) is 10.8. The largest absolute Gasteiger partial charge is 1.00 e. The first-order chi connectivity index (χ1) is 4.63. The second-order valence-electron chi connectivity index (χ2n) is 2.42. The van der Waals surface area contributed by atoms with E-state index in [0.29, 0.717) is 0 Å². The average Bonchev–Trinajstić information content (AvgIpc) is 1.56. The molecule has 0 amide bonds. The van der Waals surface area contributed by atoms with Crippen molar-refractivity contribution in [3.63, 3.8) is 0 Å². The number of sulfone groups is 1. The van der Waals surface area contributed by atoms with E-state index < -0.39 is 31.0 Å². The van der Waals surface area contributed by atoms with Crippen molar-refractivity contribution in [1.82, 2.24) is 0 Å². The molecule has 1 unspecified atom stereocenters. The Morgan fingerprint density at radius 3 is 1.67 bits per heavy atom. The van der Waals surface area contributed by atoms with Crippen molar-refractivity contribution >= 4 is 20.0 Å². The zero-order chi connectivity index (χ0) is 9.28. The van der Waals surface area contributed by atoms with Crippen LogP contribution in [0.25, 0.3) is 0 Å². The summed E-state index contributed by atoms with van der Waals surface area (Å²) in [5, 5.41) is -1.25. The van der Waals surface area contributed by atoms with Crippen LogP contribution < -0.4 is 29.6 Å². The van der Waals surface area contributed by atoms with Crippen LogP contribution in [0.5, 0.6) is 0 Å². The van der Waals surface area contributed by atoms with Crippen LogP contribution in [0.4, 0.5) is 0 Å². The molecule has 0 aromatic carbocycles. The van der Waals surface area contributed by atoms with Crippen LogP contribution in [0.1, 0.15) is 6.92 Å². The van der Waals surface area contributed by atoms with Gasteiger partial charge in [-0.1, -0.05) is 0 Å². The summed E-state index contributed by atoms with van der Waals surface area (Å²) in [4.78, 5) is 0. The molecule has 8 heteroatoms. The Morgan fingerprint density at radius 1 is 1.25 bits per heavy atom. The molecule has 0 aromatic heterocycles. The summed E-state index contributed by atoms with van der Waals surface area (Å²) >= 11 is 0. The molecule has 0 heterocycles. The Morgan fingerprint density at radius 2 is 1.58 bits per heavy atom. The fourth-order valence-electron chi connectivity index (χ4n) is 0.512. The first kappa shape index (κ1) is 15.3. The maximum Gasteiger partial charge on any atom is 1.00 e. The van der Waals surface area contributed by atoms with E-state index in [0.717, 1.165) is 13.2 Å². The van der Waals surface area contributed by atoms with E-state index >= 15 is 0 Å². The summed E-state index contributed by atoms with van der Waals surface area (Å²) in [6.07, 6.45) is 0.911. The molecule has 0 rings (SSSR count). The Bertz CT molecular complexity index is 315. The first-order valence-electron chi connectivity index (χ1n) is 2.77. The van der Waals surface area contributed by atoms with Crippen LogP contribution >= 0.6 is 0 Å². The second kappa shape index (κ2) is 4.92. The quantitative estimate of drug-likeness (QED) is 0.394. The smallest absolute Gasteiger partial charge is 0.285 e. The molecule has 1 N–H and O–H groups in total. The van der Waals surface area contributed by atoms with Gasteiger partial charge in [0, 0.05) is 6.26 Å². The van der Waals surface area contributed by atoms with E-state index in [1.807, 2.05) is 0 Å². The van der Waals surface area contributed by atoms with Gasteiger partial charge in [-0.15, -0.1) is 0 Å². The second-order valence-corrected chi connectivity index (χ2v) is 6.44. The SMILES string of the molecule is CC(CS(C)(=O)=O)S(=O)(=O)O.[Na+]. The summed E-state index contributed by atoms with van der Waals surface area (Å²) in [6.45, 7) is 1.14. The van der Waals surface area contributed by atoms with Gasteiger partial charge in [0.25, 0.3) is 10.1 Å². The van der Waals surface area contributed by atoms with Crippen LogP contribution in [-0.2, 0) is 20.0 Å². The van der Waals surface area contributed by atoms with Gasteiger partial charge < -0.3 is 0 Å². The zero-order valence-electron chi connectivity index (χ0n) is 7.18. The molecule has 0 aliphatic rings. The fourth-order valence-corrected chi connectivity index (χ4v) is 2.79. The maximum atomic E-state index is 10.5. The summed E-state index contributed by atoms with van der Waals surface area (Å²) < 4.78 is 50.0. The van der Waals surface area contributed by atoms with Gasteiger partial charge in [0.2, 0.25) is 0 Å². The first-order valence-corrected chi connectivity index (χ1v) is 6.33. The van der Waals surface area contributed by atoms with Gasteiger partial charge in [-0.3, -0.25) is 4.55 Å². The van der Waals surface area contributed by atoms with Crippen LogP contribution in [0.2, 0.25) is 0 Å². The van der Waals surface area contributed by atoms with Crippen molar-refractivity contribution in [2.75, 3.05) is 12.0 Å². The Hall–Kier alpha value is 0.860.